The number of carbonyl (C=O) groups excluding carboxylic acids is 1. The normalized spacial score (nSPS) is 24.3. The maximum atomic E-state index is 13.7. The van der Waals surface area contributed by atoms with Crippen molar-refractivity contribution in [2.75, 3.05) is 44.2 Å². The van der Waals surface area contributed by atoms with Gasteiger partial charge >= 0.3 is 0 Å². The summed E-state index contributed by atoms with van der Waals surface area (Å²) in [5.74, 6) is 0.861. The van der Waals surface area contributed by atoms with E-state index in [9.17, 15) is 46.6 Å². The number of nitrogens with one attached hydrogen (secondary N) is 2. The summed E-state index contributed by atoms with van der Waals surface area (Å²) in [5, 5.41) is 44.1. The highest BCUT2D eigenvalue weighted by molar-refractivity contribution is 7.89. The third-order valence-corrected chi connectivity index (χ3v) is 15.5. The number of nitrogens with zero attached hydrogens (tertiary/aromatic N) is 2. The number of aliphatic hydroxyl groups is 4. The van der Waals surface area contributed by atoms with Crippen LogP contribution in [0.3, 0.4) is 0 Å². The number of amides is 1. The van der Waals surface area contributed by atoms with Crippen LogP contribution in [0.1, 0.15) is 84.7 Å². The lowest BCUT2D eigenvalue weighted by molar-refractivity contribution is -0.253. The summed E-state index contributed by atoms with van der Waals surface area (Å²) in [4.78, 5) is 14.1. The molecule has 3 aromatic rings. The van der Waals surface area contributed by atoms with Gasteiger partial charge in [-0.2, -0.15) is 8.42 Å². The van der Waals surface area contributed by atoms with Gasteiger partial charge in [-0.15, -0.1) is 0 Å². The molecule has 0 aliphatic carbocycles. The van der Waals surface area contributed by atoms with Gasteiger partial charge in [0.2, 0.25) is 21.3 Å². The minimum Gasteiger partial charge on any atom is -0.455 e. The monoisotopic (exact) mass is 881 g/mol. The molecule has 0 spiro atoms. The molecular weight excluding hydrogens is 829 g/mol. The largest absolute Gasteiger partial charge is 0.455 e. The molecule has 0 aromatic heterocycles. The van der Waals surface area contributed by atoms with Gasteiger partial charge in [0.05, 0.1) is 17.1 Å². The molecule has 61 heavy (non-hydrogen) atoms. The highest BCUT2D eigenvalue weighted by atomic mass is 32.2. The van der Waals surface area contributed by atoms with Gasteiger partial charge in [0, 0.05) is 77.6 Å². The average Bonchev–Trinajstić information content (AvgIpc) is 3.24. The van der Waals surface area contributed by atoms with Gasteiger partial charge in [0.15, 0.2) is 6.29 Å². The van der Waals surface area contributed by atoms with Gasteiger partial charge in [0.1, 0.15) is 53.8 Å². The number of aryl methyl sites for hydroxylation is 2. The van der Waals surface area contributed by atoms with E-state index in [0.29, 0.717) is 36.3 Å². The highest BCUT2D eigenvalue weighted by Gasteiger charge is 2.44. The van der Waals surface area contributed by atoms with Gasteiger partial charge in [-0.25, -0.2) is 17.7 Å². The summed E-state index contributed by atoms with van der Waals surface area (Å²) in [7, 11) is -9.23. The zero-order chi connectivity index (χ0) is 42.8. The summed E-state index contributed by atoms with van der Waals surface area (Å²) < 4.78 is 82.1. The van der Waals surface area contributed by atoms with Crippen LogP contribution in [-0.2, 0) is 55.4 Å². The first-order valence-corrected chi connectivity index (χ1v) is 24.3. The Morgan fingerprint density at radius 1 is 0.836 bits per heavy atom. The van der Waals surface area contributed by atoms with Gasteiger partial charge in [-0.05, 0) is 81.2 Å². The Hall–Kier alpha value is -3.98. The first kappa shape index (κ1) is 42.3. The fraction of sp³-hybridized carbons (Fsp3) is 0.535. The van der Waals surface area contributed by atoms with Crippen molar-refractivity contribution in [3.8, 4) is 11.5 Å². The number of benzene rings is 3. The standard InChI is InChI=1S/C43H52N4O12S2/c48-23-32-39(50)40(51)36(43(52)58-32)45-34(49)12-2-1-3-15-44-60(53,54)26-13-14-27(33(22-26)61(55,56)57)35-30-20-24-8-4-16-46-18-6-10-28(37(24)46)41(30)59-42-29-11-7-19-47-17-5-9-25(38(29)47)21-31(35)42/h13-14,20-22,32,36,39-40,43-44,48,50-52H,1-12,15-19,23H2,(H-,45,49,55,56,57)/p+1. The molecule has 6 heterocycles. The summed E-state index contributed by atoms with van der Waals surface area (Å²) in [6.45, 7) is 3.18. The maximum Gasteiger partial charge on any atom is 0.295 e. The fourth-order valence-corrected chi connectivity index (χ4v) is 12.2. The molecule has 5 atom stereocenters. The number of rotatable bonds is 12. The van der Waals surface area contributed by atoms with E-state index in [2.05, 4.69) is 31.6 Å². The molecule has 0 bridgehead atoms. The molecule has 0 radical (unpaired) electrons. The number of ether oxygens (including phenoxy) is 2. The average molecular weight is 882 g/mol. The molecule has 5 unspecified atom stereocenters. The third-order valence-electron chi connectivity index (χ3n) is 13.1. The second kappa shape index (κ2) is 16.6. The number of fused-ring (bicyclic) bond motifs is 4. The molecule has 1 amide bonds. The zero-order valence-corrected chi connectivity index (χ0v) is 35.4. The van der Waals surface area contributed by atoms with Crippen LogP contribution in [-0.4, -0.2) is 118 Å². The molecule has 3 aromatic carbocycles. The van der Waals surface area contributed by atoms with Crippen LogP contribution in [0.15, 0.2) is 40.1 Å². The highest BCUT2D eigenvalue weighted by Crippen LogP contribution is 2.49. The van der Waals surface area contributed by atoms with Gasteiger partial charge in [0.25, 0.3) is 10.1 Å². The number of sulfonamides is 1. The van der Waals surface area contributed by atoms with Crippen LogP contribution < -0.4 is 34.8 Å². The quantitative estimate of drug-likeness (QED) is 0.0570. The Labute approximate surface area is 354 Å². The SMILES string of the molecule is O=C(CCCCCNS(=O)(=O)c1ccc(C2=c3cc4c5c(c3Oc3c2cc2c6c3CCCN6CCC2)CCC[N+]=5CCC4)c(S(=O)(=O)O)c1)NC1C(O)OC(CO)C(O)C1O. The van der Waals surface area contributed by atoms with Crippen LogP contribution in [0.4, 0.5) is 5.69 Å². The lowest BCUT2D eigenvalue weighted by atomic mass is 9.82. The predicted molar refractivity (Wildman–Crippen MR) is 222 cm³/mol. The van der Waals surface area contributed by atoms with Gasteiger partial charge < -0.3 is 40.1 Å². The Bertz CT molecular complexity index is 2630. The Kier molecular flexibility index (Phi) is 11.5. The van der Waals surface area contributed by atoms with E-state index in [1.807, 2.05) is 0 Å². The van der Waals surface area contributed by atoms with Crippen LogP contribution in [0.25, 0.3) is 5.57 Å². The number of hydrogen-bond acceptors (Lipinski definition) is 12. The van der Waals surface area contributed by atoms with Crippen molar-refractivity contribution in [2.24, 2.45) is 0 Å². The predicted octanol–water partition coefficient (Wildman–Crippen LogP) is 0.123. The molecular formula is C43H53N4O12S2+. The van der Waals surface area contributed by atoms with Crippen molar-refractivity contribution in [2.45, 2.75) is 117 Å². The molecule has 16 nitrogen and oxygen atoms in total. The number of carbonyl (C=O) groups is 1. The second-order valence-corrected chi connectivity index (χ2v) is 20.2. The van der Waals surface area contributed by atoms with Gasteiger partial charge in [-0.3, -0.25) is 9.35 Å². The van der Waals surface area contributed by atoms with Gasteiger partial charge in [-0.1, -0.05) is 12.5 Å². The fourth-order valence-electron chi connectivity index (χ4n) is 10.3. The molecule has 328 valence electrons. The molecule has 1 fully saturated rings. The number of anilines is 1. The van der Waals surface area contributed by atoms with Crippen molar-refractivity contribution in [3.63, 3.8) is 0 Å². The molecule has 0 saturated carbocycles. The lowest BCUT2D eigenvalue weighted by Crippen LogP contribution is -2.64. The van der Waals surface area contributed by atoms with E-state index in [0.717, 1.165) is 106 Å². The van der Waals surface area contributed by atoms with Crippen molar-refractivity contribution in [1.82, 2.24) is 14.6 Å². The second-order valence-electron chi connectivity index (χ2n) is 17.0. The Balaban J connectivity index is 0.999. The van der Waals surface area contributed by atoms with E-state index < -0.39 is 68.2 Å². The maximum absolute atomic E-state index is 13.7. The zero-order valence-electron chi connectivity index (χ0n) is 33.8. The summed E-state index contributed by atoms with van der Waals surface area (Å²) in [6, 6.07) is 6.78. The summed E-state index contributed by atoms with van der Waals surface area (Å²) in [6.07, 6.45) is 2.33. The van der Waals surface area contributed by atoms with Crippen molar-refractivity contribution in [1.29, 1.82) is 0 Å². The number of hydrogen-bond donors (Lipinski definition) is 7. The summed E-state index contributed by atoms with van der Waals surface area (Å²) >= 11 is 0. The van der Waals surface area contributed by atoms with Crippen molar-refractivity contribution >= 4 is 37.3 Å². The number of unbranched alkanes of at least 4 members (excludes halogenated alkanes) is 2. The topological polar surface area (TPSA) is 235 Å². The summed E-state index contributed by atoms with van der Waals surface area (Å²) in [5.41, 5.74) is 7.26. The van der Waals surface area contributed by atoms with Crippen LogP contribution >= 0.6 is 0 Å². The van der Waals surface area contributed by atoms with Crippen molar-refractivity contribution in [3.05, 3.63) is 74.3 Å². The number of aliphatic hydroxyl groups excluding tert-OH is 4. The Morgan fingerprint density at radius 2 is 1.57 bits per heavy atom. The molecule has 9 rings (SSSR count). The Morgan fingerprint density at radius 3 is 2.34 bits per heavy atom. The van der Waals surface area contributed by atoms with Crippen LogP contribution in [0, 0.1) is 0 Å². The first-order chi connectivity index (χ1) is 29.2. The van der Waals surface area contributed by atoms with E-state index in [1.165, 1.54) is 34.3 Å². The molecule has 18 heteroatoms. The van der Waals surface area contributed by atoms with Crippen LogP contribution in [0.2, 0.25) is 0 Å². The van der Waals surface area contributed by atoms with E-state index in [4.69, 9.17) is 9.47 Å². The lowest BCUT2D eigenvalue weighted by Gasteiger charge is -2.40. The van der Waals surface area contributed by atoms with E-state index in [1.54, 1.807) is 0 Å². The first-order valence-electron chi connectivity index (χ1n) is 21.4. The van der Waals surface area contributed by atoms with Crippen molar-refractivity contribution < 1.29 is 56.1 Å². The van der Waals surface area contributed by atoms with E-state index in [-0.39, 0.29) is 23.4 Å². The smallest absolute Gasteiger partial charge is 0.295 e. The molecule has 6 aliphatic heterocycles. The minimum absolute atomic E-state index is 0.0252. The van der Waals surface area contributed by atoms with E-state index >= 15 is 0 Å². The third kappa shape index (κ3) is 7.77. The molecule has 1 saturated heterocycles. The molecule has 7 N–H and O–H groups in total. The van der Waals surface area contributed by atoms with Crippen LogP contribution in [0.5, 0.6) is 11.5 Å². The minimum atomic E-state index is -4.97. The molecule has 6 aliphatic rings.